The number of alkyl halides is 3. The van der Waals surface area contributed by atoms with Crippen LogP contribution in [0.15, 0.2) is 30.7 Å². The Morgan fingerprint density at radius 2 is 1.93 bits per heavy atom. The molecule has 28 heavy (non-hydrogen) atoms. The molecule has 0 radical (unpaired) electrons. The van der Waals surface area contributed by atoms with Gasteiger partial charge in [-0.15, -0.1) is 0 Å². The number of fused-ring (bicyclic) bond motifs is 2. The number of imidazole rings is 1. The van der Waals surface area contributed by atoms with E-state index < -0.39 is 18.7 Å². The second-order valence-corrected chi connectivity index (χ2v) is 7.17. The lowest BCUT2D eigenvalue weighted by molar-refractivity contribution is -0.141. The van der Waals surface area contributed by atoms with E-state index in [0.29, 0.717) is 16.7 Å². The van der Waals surface area contributed by atoms with Crippen LogP contribution in [-0.4, -0.2) is 35.5 Å². The van der Waals surface area contributed by atoms with Crippen molar-refractivity contribution >= 4 is 28.3 Å². The smallest absolute Gasteiger partial charge is 0.254 e. The summed E-state index contributed by atoms with van der Waals surface area (Å²) in [5.74, 6) is -0.591. The molecule has 4 aromatic heterocycles. The second-order valence-electron chi connectivity index (χ2n) is 6.78. The monoisotopic (exact) mass is 410 g/mol. The number of nitrogens with zero attached hydrogens (tertiary/aromatic N) is 6. The van der Waals surface area contributed by atoms with Gasteiger partial charge in [0.05, 0.1) is 17.9 Å². The maximum absolute atomic E-state index is 13.8. The first-order chi connectivity index (χ1) is 13.3. The van der Waals surface area contributed by atoms with Gasteiger partial charge in [0.25, 0.3) is 0 Å². The van der Waals surface area contributed by atoms with Gasteiger partial charge in [-0.25, -0.2) is 4.98 Å². The van der Waals surface area contributed by atoms with Crippen molar-refractivity contribution in [3.05, 3.63) is 53.0 Å². The predicted molar refractivity (Wildman–Crippen MR) is 91.6 cm³/mol. The van der Waals surface area contributed by atoms with Gasteiger partial charge in [-0.05, 0) is 36.0 Å². The third-order valence-corrected chi connectivity index (χ3v) is 5.07. The molecule has 0 aliphatic heterocycles. The molecule has 0 N–H and O–H groups in total. The SMILES string of the molecule is Fc1cnc2c([C@H]3C[C@@H]3c3cnc4cnn(CC(F)(F)F)c4c3)cc(Cl)nn12. The summed E-state index contributed by atoms with van der Waals surface area (Å²) in [6, 6.07) is 3.33. The van der Waals surface area contributed by atoms with E-state index in [1.807, 2.05) is 0 Å². The fourth-order valence-electron chi connectivity index (χ4n) is 3.58. The summed E-state index contributed by atoms with van der Waals surface area (Å²) in [5.41, 5.74) is 2.64. The molecular weight excluding hydrogens is 400 g/mol. The maximum atomic E-state index is 13.8. The van der Waals surface area contributed by atoms with Crippen LogP contribution in [0, 0.1) is 5.95 Å². The van der Waals surface area contributed by atoms with E-state index in [9.17, 15) is 17.6 Å². The molecule has 5 rings (SSSR count). The number of rotatable bonds is 3. The van der Waals surface area contributed by atoms with Crippen LogP contribution in [0.4, 0.5) is 17.6 Å². The van der Waals surface area contributed by atoms with Gasteiger partial charge in [0.1, 0.15) is 12.1 Å². The summed E-state index contributed by atoms with van der Waals surface area (Å²) < 4.78 is 54.0. The molecule has 144 valence electrons. The lowest BCUT2D eigenvalue weighted by atomic mass is 10.1. The average molecular weight is 411 g/mol. The van der Waals surface area contributed by atoms with Crippen LogP contribution in [0.2, 0.25) is 5.15 Å². The van der Waals surface area contributed by atoms with Crippen molar-refractivity contribution in [3.8, 4) is 0 Å². The Bertz CT molecular complexity index is 1210. The molecular formula is C17H11ClF4N6. The minimum atomic E-state index is -4.37. The van der Waals surface area contributed by atoms with Gasteiger partial charge < -0.3 is 0 Å². The highest BCUT2D eigenvalue weighted by Crippen LogP contribution is 2.55. The van der Waals surface area contributed by atoms with E-state index in [1.54, 1.807) is 18.3 Å². The van der Waals surface area contributed by atoms with E-state index >= 15 is 0 Å². The molecule has 11 heteroatoms. The van der Waals surface area contributed by atoms with Gasteiger partial charge in [-0.3, -0.25) is 9.67 Å². The zero-order valence-corrected chi connectivity index (χ0v) is 14.8. The maximum Gasteiger partial charge on any atom is 0.408 e. The molecule has 4 aromatic rings. The van der Waals surface area contributed by atoms with Crippen molar-refractivity contribution in [1.82, 2.24) is 29.4 Å². The summed E-state index contributed by atoms with van der Waals surface area (Å²) in [4.78, 5) is 8.29. The molecule has 0 unspecified atom stereocenters. The molecule has 0 bridgehead atoms. The van der Waals surface area contributed by atoms with Gasteiger partial charge >= 0.3 is 6.18 Å². The quantitative estimate of drug-likeness (QED) is 0.477. The Labute approximate surface area is 159 Å². The van der Waals surface area contributed by atoms with Gasteiger partial charge in [-0.2, -0.15) is 32.3 Å². The van der Waals surface area contributed by atoms with Crippen molar-refractivity contribution in [2.75, 3.05) is 0 Å². The first-order valence-electron chi connectivity index (χ1n) is 8.38. The molecule has 0 amide bonds. The number of hydrogen-bond donors (Lipinski definition) is 0. The lowest BCUT2D eigenvalue weighted by Crippen LogP contribution is -2.18. The molecule has 2 atom stereocenters. The highest BCUT2D eigenvalue weighted by atomic mass is 35.5. The summed E-state index contributed by atoms with van der Waals surface area (Å²) >= 11 is 6.01. The normalized spacial score (nSPS) is 19.6. The molecule has 1 saturated carbocycles. The number of hydrogen-bond acceptors (Lipinski definition) is 4. The molecule has 0 saturated heterocycles. The highest BCUT2D eigenvalue weighted by molar-refractivity contribution is 6.29. The third kappa shape index (κ3) is 2.88. The molecule has 1 fully saturated rings. The zero-order valence-electron chi connectivity index (χ0n) is 14.0. The topological polar surface area (TPSA) is 60.9 Å². The Balaban J connectivity index is 1.51. The molecule has 1 aliphatic carbocycles. The highest BCUT2D eigenvalue weighted by Gasteiger charge is 2.42. The molecule has 6 nitrogen and oxygen atoms in total. The summed E-state index contributed by atoms with van der Waals surface area (Å²) in [6.45, 7) is -1.18. The third-order valence-electron chi connectivity index (χ3n) is 4.89. The van der Waals surface area contributed by atoms with Gasteiger partial charge in [-0.1, -0.05) is 11.6 Å². The van der Waals surface area contributed by atoms with Crippen LogP contribution >= 0.6 is 11.6 Å². The van der Waals surface area contributed by atoms with Crippen molar-refractivity contribution in [2.45, 2.75) is 31.0 Å². The first kappa shape index (κ1) is 17.4. The van der Waals surface area contributed by atoms with Crippen LogP contribution in [0.1, 0.15) is 29.4 Å². The average Bonchev–Trinajstić information content (AvgIpc) is 3.22. The van der Waals surface area contributed by atoms with Crippen LogP contribution in [0.25, 0.3) is 16.7 Å². The van der Waals surface area contributed by atoms with Gasteiger partial charge in [0, 0.05) is 11.8 Å². The Kier molecular flexibility index (Phi) is 3.64. The van der Waals surface area contributed by atoms with E-state index in [1.165, 1.54) is 6.20 Å². The van der Waals surface area contributed by atoms with Crippen molar-refractivity contribution < 1.29 is 17.6 Å². The summed E-state index contributed by atoms with van der Waals surface area (Å²) in [6.07, 6.45) is 0.378. The fraction of sp³-hybridized carbons (Fsp3) is 0.294. The van der Waals surface area contributed by atoms with Crippen LogP contribution < -0.4 is 0 Å². The second kappa shape index (κ2) is 5.87. The fourth-order valence-corrected chi connectivity index (χ4v) is 3.78. The van der Waals surface area contributed by atoms with Crippen LogP contribution in [0.3, 0.4) is 0 Å². The molecule has 4 heterocycles. The van der Waals surface area contributed by atoms with Gasteiger partial charge in [0.2, 0.25) is 5.95 Å². The van der Waals surface area contributed by atoms with E-state index in [4.69, 9.17) is 11.6 Å². The van der Waals surface area contributed by atoms with Crippen LogP contribution in [-0.2, 0) is 6.54 Å². The minimum absolute atomic E-state index is 0.00281. The summed E-state index contributed by atoms with van der Waals surface area (Å²) in [5, 5.41) is 7.83. The first-order valence-corrected chi connectivity index (χ1v) is 8.76. The van der Waals surface area contributed by atoms with E-state index in [2.05, 4.69) is 20.2 Å². The van der Waals surface area contributed by atoms with E-state index in [-0.39, 0.29) is 17.0 Å². The largest absolute Gasteiger partial charge is 0.408 e. The minimum Gasteiger partial charge on any atom is -0.254 e. The lowest BCUT2D eigenvalue weighted by Gasteiger charge is -2.08. The predicted octanol–water partition coefficient (Wildman–Crippen LogP) is 4.10. The standard InChI is InChI=1S/C17H11ClF4N6/c18-14-3-11(16-24-6-15(19)28(16)26-14)10-2-9(10)8-1-13-12(23-4-8)5-25-27(13)7-17(20,21)22/h1,3-6,9-10H,2,7H2/t9-,10+/m1/s1. The molecule has 0 aromatic carbocycles. The van der Waals surface area contributed by atoms with Gasteiger partial charge in [0.15, 0.2) is 10.8 Å². The number of halogens is 5. The number of pyridine rings is 1. The van der Waals surface area contributed by atoms with Crippen LogP contribution in [0.5, 0.6) is 0 Å². The Morgan fingerprint density at radius 1 is 1.11 bits per heavy atom. The zero-order chi connectivity index (χ0) is 19.6. The number of aromatic nitrogens is 6. The van der Waals surface area contributed by atoms with Crippen molar-refractivity contribution in [2.24, 2.45) is 0 Å². The summed E-state index contributed by atoms with van der Waals surface area (Å²) in [7, 11) is 0. The van der Waals surface area contributed by atoms with E-state index in [0.717, 1.165) is 32.9 Å². The Hall–Kier alpha value is -2.75. The van der Waals surface area contributed by atoms with Crippen molar-refractivity contribution in [3.63, 3.8) is 0 Å². The molecule has 1 aliphatic rings. The van der Waals surface area contributed by atoms with Crippen molar-refractivity contribution in [1.29, 1.82) is 0 Å². The molecule has 0 spiro atoms. The Morgan fingerprint density at radius 3 is 2.71 bits per heavy atom.